The quantitative estimate of drug-likeness (QED) is 0.0823. The van der Waals surface area contributed by atoms with Crippen LogP contribution in [0.2, 0.25) is 0 Å². The van der Waals surface area contributed by atoms with Gasteiger partial charge < -0.3 is 9.47 Å². The minimum Gasteiger partial charge on any atom is -0.466 e. The maximum absolute atomic E-state index is 13.8. The smallest absolute Gasteiger partial charge is 0.306 e. The molecule has 1 atom stereocenters. The molecule has 9 heteroatoms. The molecule has 33 heavy (non-hydrogen) atoms. The van der Waals surface area contributed by atoms with Gasteiger partial charge in [0.2, 0.25) is 5.82 Å². The highest BCUT2D eigenvalue weighted by atomic mass is 19.2. The van der Waals surface area contributed by atoms with Gasteiger partial charge in [-0.1, -0.05) is 51.9 Å². The lowest BCUT2D eigenvalue weighted by Crippen LogP contribution is -2.15. The number of halogens is 5. The molecule has 188 valence electrons. The average molecular weight is 481 g/mol. The highest BCUT2D eigenvalue weighted by Gasteiger charge is 2.30. The molecule has 0 radical (unpaired) electrons. The minimum absolute atomic E-state index is 0.0376. The van der Waals surface area contributed by atoms with Crippen LogP contribution < -0.4 is 0 Å². The van der Waals surface area contributed by atoms with Crippen LogP contribution in [0.5, 0.6) is 0 Å². The lowest BCUT2D eigenvalue weighted by molar-refractivity contribution is -0.149. The molecule has 0 spiro atoms. The molecule has 1 aromatic carbocycles. The first-order valence-corrected chi connectivity index (χ1v) is 11.6. The number of hydrogen-bond donors (Lipinski definition) is 0. The predicted molar refractivity (Wildman–Crippen MR) is 113 cm³/mol. The standard InChI is InChI=1S/C24H33F5O4/c1-3-4-5-12-15-32-17(30)13-10-8-6-7-9-11-14-18(31)33-16(2)19-20(25)22(27)24(29)23(28)21(19)26/h16H,3-15H2,1-2H3. The van der Waals surface area contributed by atoms with Gasteiger partial charge in [-0.2, -0.15) is 0 Å². The summed E-state index contributed by atoms with van der Waals surface area (Å²) in [7, 11) is 0. The molecule has 0 aliphatic carbocycles. The monoisotopic (exact) mass is 480 g/mol. The Morgan fingerprint density at radius 3 is 1.67 bits per heavy atom. The molecule has 0 fully saturated rings. The van der Waals surface area contributed by atoms with E-state index >= 15 is 0 Å². The zero-order valence-corrected chi connectivity index (χ0v) is 19.3. The molecule has 0 amide bonds. The van der Waals surface area contributed by atoms with Gasteiger partial charge >= 0.3 is 11.9 Å². The third-order valence-corrected chi connectivity index (χ3v) is 5.23. The Labute approximate surface area is 191 Å². The van der Waals surface area contributed by atoms with E-state index < -0.39 is 46.7 Å². The van der Waals surface area contributed by atoms with Crippen LogP contribution in [-0.2, 0) is 19.1 Å². The maximum atomic E-state index is 13.8. The van der Waals surface area contributed by atoms with Crippen molar-refractivity contribution in [1.82, 2.24) is 0 Å². The van der Waals surface area contributed by atoms with Gasteiger partial charge in [0, 0.05) is 12.8 Å². The van der Waals surface area contributed by atoms with Gasteiger partial charge in [-0.05, 0) is 26.2 Å². The van der Waals surface area contributed by atoms with E-state index in [0.717, 1.165) is 58.3 Å². The fraction of sp³-hybridized carbons (Fsp3) is 0.667. The fourth-order valence-electron chi connectivity index (χ4n) is 3.33. The Morgan fingerprint density at radius 1 is 0.667 bits per heavy atom. The molecule has 0 saturated carbocycles. The summed E-state index contributed by atoms with van der Waals surface area (Å²) in [5, 5.41) is 0. The molecule has 1 rings (SSSR count). The van der Waals surface area contributed by atoms with Crippen molar-refractivity contribution < 1.29 is 41.0 Å². The highest BCUT2D eigenvalue weighted by molar-refractivity contribution is 5.69. The molecule has 0 aliphatic rings. The first-order valence-electron chi connectivity index (χ1n) is 11.6. The Kier molecular flexibility index (Phi) is 13.6. The van der Waals surface area contributed by atoms with Crippen molar-refractivity contribution in [3.05, 3.63) is 34.6 Å². The second-order valence-electron chi connectivity index (χ2n) is 8.02. The lowest BCUT2D eigenvalue weighted by Gasteiger charge is -2.16. The molecule has 0 aliphatic heterocycles. The van der Waals surface area contributed by atoms with Gasteiger partial charge in [0.25, 0.3) is 0 Å². The predicted octanol–water partition coefficient (Wildman–Crippen LogP) is 7.23. The Balaban J connectivity index is 2.18. The van der Waals surface area contributed by atoms with Gasteiger partial charge in [-0.3, -0.25) is 9.59 Å². The largest absolute Gasteiger partial charge is 0.466 e. The van der Waals surface area contributed by atoms with Crippen LogP contribution in [0.1, 0.15) is 103 Å². The van der Waals surface area contributed by atoms with E-state index in [2.05, 4.69) is 6.92 Å². The van der Waals surface area contributed by atoms with Gasteiger partial charge in [0.05, 0.1) is 12.2 Å². The summed E-state index contributed by atoms with van der Waals surface area (Å²) in [4.78, 5) is 23.5. The molecule has 4 nitrogen and oxygen atoms in total. The van der Waals surface area contributed by atoms with Gasteiger partial charge in [-0.25, -0.2) is 22.0 Å². The van der Waals surface area contributed by atoms with E-state index in [0.29, 0.717) is 25.9 Å². The normalized spacial score (nSPS) is 12.0. The van der Waals surface area contributed by atoms with Crippen molar-refractivity contribution in [2.75, 3.05) is 6.61 Å². The topological polar surface area (TPSA) is 52.6 Å². The summed E-state index contributed by atoms with van der Waals surface area (Å²) in [5.74, 6) is -11.4. The van der Waals surface area contributed by atoms with E-state index in [1.807, 2.05) is 0 Å². The number of unbranched alkanes of at least 4 members (excludes halogenated alkanes) is 8. The van der Waals surface area contributed by atoms with E-state index in [1.165, 1.54) is 0 Å². The molecule has 0 aromatic heterocycles. The van der Waals surface area contributed by atoms with Crippen LogP contribution in [0, 0.1) is 29.1 Å². The molecular formula is C24H33F5O4. The van der Waals surface area contributed by atoms with Crippen LogP contribution >= 0.6 is 0 Å². The highest BCUT2D eigenvalue weighted by Crippen LogP contribution is 2.29. The zero-order chi connectivity index (χ0) is 24.8. The summed E-state index contributed by atoms with van der Waals surface area (Å²) < 4.78 is 77.2. The summed E-state index contributed by atoms with van der Waals surface area (Å²) in [6.45, 7) is 3.63. The fourth-order valence-corrected chi connectivity index (χ4v) is 3.33. The van der Waals surface area contributed by atoms with Crippen molar-refractivity contribution >= 4 is 11.9 Å². The average Bonchev–Trinajstić information content (AvgIpc) is 2.78. The van der Waals surface area contributed by atoms with Crippen LogP contribution in [0.3, 0.4) is 0 Å². The number of carbonyl (C=O) groups excluding carboxylic acids is 2. The van der Waals surface area contributed by atoms with Crippen molar-refractivity contribution in [2.24, 2.45) is 0 Å². The van der Waals surface area contributed by atoms with Crippen molar-refractivity contribution in [3.8, 4) is 0 Å². The summed E-state index contributed by atoms with van der Waals surface area (Å²) in [6.07, 6.45) is 7.40. The second kappa shape index (κ2) is 15.6. The van der Waals surface area contributed by atoms with E-state index in [9.17, 15) is 31.5 Å². The van der Waals surface area contributed by atoms with Crippen molar-refractivity contribution in [2.45, 2.75) is 97.0 Å². The number of hydrogen-bond acceptors (Lipinski definition) is 4. The summed E-state index contributed by atoms with van der Waals surface area (Å²) in [6, 6.07) is 0. The van der Waals surface area contributed by atoms with Gasteiger partial charge in [0.15, 0.2) is 23.3 Å². The third kappa shape index (κ3) is 10.1. The Hall–Kier alpha value is -2.19. The van der Waals surface area contributed by atoms with Crippen molar-refractivity contribution in [1.29, 1.82) is 0 Å². The maximum Gasteiger partial charge on any atom is 0.306 e. The van der Waals surface area contributed by atoms with E-state index in [4.69, 9.17) is 9.47 Å². The van der Waals surface area contributed by atoms with Crippen LogP contribution in [-0.4, -0.2) is 18.5 Å². The molecule has 1 unspecified atom stereocenters. The van der Waals surface area contributed by atoms with Crippen molar-refractivity contribution in [3.63, 3.8) is 0 Å². The molecule has 0 saturated heterocycles. The first kappa shape index (κ1) is 28.8. The number of benzene rings is 1. The molecule has 0 bridgehead atoms. The molecule has 0 heterocycles. The van der Waals surface area contributed by atoms with E-state index in [1.54, 1.807) is 0 Å². The number of rotatable bonds is 16. The summed E-state index contributed by atoms with van der Waals surface area (Å²) >= 11 is 0. The molecule has 0 N–H and O–H groups in total. The zero-order valence-electron chi connectivity index (χ0n) is 19.3. The second-order valence-corrected chi connectivity index (χ2v) is 8.02. The van der Waals surface area contributed by atoms with Crippen LogP contribution in [0.25, 0.3) is 0 Å². The lowest BCUT2D eigenvalue weighted by atomic mass is 10.1. The van der Waals surface area contributed by atoms with Crippen LogP contribution in [0.15, 0.2) is 0 Å². The van der Waals surface area contributed by atoms with Gasteiger partial charge in [0.1, 0.15) is 6.10 Å². The van der Waals surface area contributed by atoms with Crippen LogP contribution in [0.4, 0.5) is 22.0 Å². The minimum atomic E-state index is -2.26. The first-order chi connectivity index (χ1) is 15.7. The van der Waals surface area contributed by atoms with Gasteiger partial charge in [-0.15, -0.1) is 0 Å². The Bertz CT molecular complexity index is 741. The SMILES string of the molecule is CCCCCCOC(=O)CCCCCCCCC(=O)OC(C)c1c(F)c(F)c(F)c(F)c1F. The summed E-state index contributed by atoms with van der Waals surface area (Å²) in [5.41, 5.74) is -1.17. The van der Waals surface area contributed by atoms with E-state index in [-0.39, 0.29) is 12.4 Å². The number of esters is 2. The Morgan fingerprint density at radius 2 is 1.12 bits per heavy atom. The number of ether oxygens (including phenoxy) is 2. The molecule has 1 aromatic rings. The molecular weight excluding hydrogens is 447 g/mol. The number of carbonyl (C=O) groups is 2. The third-order valence-electron chi connectivity index (χ3n) is 5.23.